The monoisotopic (exact) mass is 409 g/mol. The minimum absolute atomic E-state index is 0.126. The van der Waals surface area contributed by atoms with Gasteiger partial charge in [-0.2, -0.15) is 0 Å². The highest BCUT2D eigenvalue weighted by Crippen LogP contribution is 2.85. The SMILES string of the molecule is CCOC(=O)[C@@]12C(=O)O[C@@H](C)C13[C@@H]1C=C[C@H]([C@@H]32)n2c(=O)n(-c3ccccc3)c(=O)n21. The second-order valence-corrected chi connectivity index (χ2v) is 8.23. The number of carbonyl (C=O) groups is 2. The molecule has 1 saturated heterocycles. The molecule has 3 aliphatic heterocycles. The van der Waals surface area contributed by atoms with Gasteiger partial charge in [-0.3, -0.25) is 9.59 Å². The second-order valence-electron chi connectivity index (χ2n) is 8.23. The number of nitrogens with zero attached hydrogens (tertiary/aromatic N) is 3. The fourth-order valence-corrected chi connectivity index (χ4v) is 6.40. The van der Waals surface area contributed by atoms with Crippen molar-refractivity contribution < 1.29 is 19.1 Å². The molecule has 1 unspecified atom stereocenters. The molecule has 7 rings (SSSR count). The molecule has 30 heavy (non-hydrogen) atoms. The number of aromatic nitrogens is 3. The van der Waals surface area contributed by atoms with Crippen molar-refractivity contribution in [2.75, 3.05) is 6.61 Å². The number of ether oxygens (including phenoxy) is 2. The number of esters is 2. The van der Waals surface area contributed by atoms with Crippen LogP contribution >= 0.6 is 0 Å². The molecule has 0 amide bonds. The van der Waals surface area contributed by atoms with Gasteiger partial charge in [0.15, 0.2) is 5.41 Å². The van der Waals surface area contributed by atoms with Crippen molar-refractivity contribution in [3.05, 3.63) is 63.5 Å². The summed E-state index contributed by atoms with van der Waals surface area (Å²) in [5.74, 6) is -1.75. The van der Waals surface area contributed by atoms with E-state index in [1.54, 1.807) is 44.2 Å². The molecule has 9 nitrogen and oxygen atoms in total. The predicted molar refractivity (Wildman–Crippen MR) is 102 cm³/mol. The highest BCUT2D eigenvalue weighted by molar-refractivity contribution is 6.08. The van der Waals surface area contributed by atoms with Gasteiger partial charge in [0.25, 0.3) is 0 Å². The maximum absolute atomic E-state index is 13.4. The number of carbonyl (C=O) groups excluding carboxylic acids is 2. The van der Waals surface area contributed by atoms with Crippen LogP contribution in [0.4, 0.5) is 0 Å². The third kappa shape index (κ3) is 1.51. The second kappa shape index (κ2) is 5.21. The van der Waals surface area contributed by atoms with E-state index in [9.17, 15) is 19.2 Å². The van der Waals surface area contributed by atoms with Gasteiger partial charge in [0, 0.05) is 5.92 Å². The molecule has 0 radical (unpaired) electrons. The largest absolute Gasteiger partial charge is 0.465 e. The zero-order valence-corrected chi connectivity index (χ0v) is 16.3. The molecule has 2 aliphatic carbocycles. The normalized spacial score (nSPS) is 36.7. The number of hydrogen-bond donors (Lipinski definition) is 0. The van der Waals surface area contributed by atoms with Crippen LogP contribution in [0.1, 0.15) is 25.9 Å². The molecule has 154 valence electrons. The Kier molecular flexibility index (Phi) is 3.04. The summed E-state index contributed by atoms with van der Waals surface area (Å²) in [6.45, 7) is 3.55. The average Bonchev–Trinajstić information content (AvgIpc) is 3.27. The molecule has 2 aromatic rings. The quantitative estimate of drug-likeness (QED) is 0.418. The molecule has 4 heterocycles. The van der Waals surface area contributed by atoms with E-state index >= 15 is 0 Å². The average molecular weight is 409 g/mol. The van der Waals surface area contributed by atoms with Crippen LogP contribution in [0.15, 0.2) is 52.1 Å². The van der Waals surface area contributed by atoms with Crippen LogP contribution in [-0.4, -0.2) is 38.6 Å². The molecule has 9 heteroatoms. The fraction of sp³-hybridized carbons (Fsp3) is 0.429. The highest BCUT2D eigenvalue weighted by atomic mass is 16.6. The Balaban J connectivity index is 1.61. The summed E-state index contributed by atoms with van der Waals surface area (Å²) in [5.41, 5.74) is -2.96. The third-order valence-electron chi connectivity index (χ3n) is 7.35. The molecule has 1 saturated carbocycles. The van der Waals surface area contributed by atoms with Crippen molar-refractivity contribution in [2.45, 2.75) is 32.0 Å². The van der Waals surface area contributed by atoms with Gasteiger partial charge in [-0.1, -0.05) is 30.4 Å². The summed E-state index contributed by atoms with van der Waals surface area (Å²) in [6, 6.07) is 7.42. The Labute approximate surface area is 170 Å². The first-order valence-corrected chi connectivity index (χ1v) is 10.0. The summed E-state index contributed by atoms with van der Waals surface area (Å²) in [7, 11) is 0. The number of benzene rings is 1. The highest BCUT2D eigenvalue weighted by Gasteiger charge is 2.97. The number of hydrogen-bond acceptors (Lipinski definition) is 6. The lowest BCUT2D eigenvalue weighted by Crippen LogP contribution is -2.48. The van der Waals surface area contributed by atoms with Gasteiger partial charge in [-0.05, 0) is 26.0 Å². The van der Waals surface area contributed by atoms with Crippen molar-refractivity contribution in [3.8, 4) is 5.69 Å². The smallest absolute Gasteiger partial charge is 0.352 e. The number of para-hydroxylation sites is 1. The number of allylic oxidation sites excluding steroid dienone is 2. The van der Waals surface area contributed by atoms with Gasteiger partial charge in [0.1, 0.15) is 6.10 Å². The van der Waals surface area contributed by atoms with Crippen LogP contribution in [0.5, 0.6) is 0 Å². The molecule has 2 fully saturated rings. The van der Waals surface area contributed by atoms with Gasteiger partial charge in [0.2, 0.25) is 0 Å². The molecular weight excluding hydrogens is 390 g/mol. The van der Waals surface area contributed by atoms with Crippen LogP contribution in [-0.2, 0) is 19.1 Å². The number of rotatable bonds is 3. The fourth-order valence-electron chi connectivity index (χ4n) is 6.40. The van der Waals surface area contributed by atoms with Gasteiger partial charge in [0.05, 0.1) is 29.8 Å². The van der Waals surface area contributed by atoms with Crippen molar-refractivity contribution >= 4 is 11.9 Å². The summed E-state index contributed by atoms with van der Waals surface area (Å²) in [4.78, 5) is 52.7. The Morgan fingerprint density at radius 2 is 1.80 bits per heavy atom. The van der Waals surface area contributed by atoms with E-state index < -0.39 is 58.3 Å². The van der Waals surface area contributed by atoms with Crippen molar-refractivity contribution in [3.63, 3.8) is 0 Å². The minimum Gasteiger partial charge on any atom is -0.465 e. The predicted octanol–water partition coefficient (Wildman–Crippen LogP) is 0.577. The maximum atomic E-state index is 13.4. The maximum Gasteiger partial charge on any atom is 0.352 e. The van der Waals surface area contributed by atoms with E-state index in [1.807, 2.05) is 12.2 Å². The summed E-state index contributed by atoms with van der Waals surface area (Å²) in [5, 5.41) is 0. The Bertz CT molecular complexity index is 1270. The molecule has 1 aromatic heterocycles. The third-order valence-corrected chi connectivity index (χ3v) is 7.35. The minimum atomic E-state index is -1.50. The first-order chi connectivity index (χ1) is 14.4. The first-order valence-electron chi connectivity index (χ1n) is 10.0. The zero-order chi connectivity index (χ0) is 21.0. The Morgan fingerprint density at radius 3 is 2.50 bits per heavy atom. The molecule has 2 bridgehead atoms. The summed E-state index contributed by atoms with van der Waals surface area (Å²) >= 11 is 0. The van der Waals surface area contributed by atoms with Crippen LogP contribution in [0.2, 0.25) is 0 Å². The van der Waals surface area contributed by atoms with Crippen molar-refractivity contribution in [1.82, 2.24) is 13.9 Å². The molecule has 1 spiro atoms. The van der Waals surface area contributed by atoms with Gasteiger partial charge in [-0.15, -0.1) is 0 Å². The zero-order valence-electron chi connectivity index (χ0n) is 16.3. The van der Waals surface area contributed by atoms with Crippen LogP contribution < -0.4 is 11.4 Å². The summed E-state index contributed by atoms with van der Waals surface area (Å²) in [6.07, 6.45) is 3.04. The molecule has 0 N–H and O–H groups in total. The van der Waals surface area contributed by atoms with Crippen LogP contribution in [0.25, 0.3) is 5.69 Å². The topological polar surface area (TPSA) is 102 Å². The summed E-state index contributed by atoms with van der Waals surface area (Å²) < 4.78 is 14.7. The van der Waals surface area contributed by atoms with E-state index in [1.165, 1.54) is 9.36 Å². The first kappa shape index (κ1) is 17.5. The Morgan fingerprint density at radius 1 is 1.10 bits per heavy atom. The van der Waals surface area contributed by atoms with Gasteiger partial charge >= 0.3 is 23.3 Å². The molecule has 5 aliphatic rings. The standard InChI is InChI=1S/C21H19N3O6/c1-3-29-16(25)21-15-13-9-10-14(20(15,21)11(2)30-17(21)26)24-19(28)22(18(27)23(13)24)12-7-5-4-6-8-12/h4-11,13-15H,3H2,1-2H3/t11-,13+,14-,15-,20?,21-/m0/s1. The van der Waals surface area contributed by atoms with Gasteiger partial charge < -0.3 is 9.47 Å². The lowest BCUT2D eigenvalue weighted by atomic mass is 9.79. The van der Waals surface area contributed by atoms with E-state index in [0.717, 1.165) is 4.57 Å². The van der Waals surface area contributed by atoms with Gasteiger partial charge in [-0.25, -0.2) is 23.5 Å². The lowest BCUT2D eigenvalue weighted by molar-refractivity contribution is -0.162. The van der Waals surface area contributed by atoms with Crippen LogP contribution in [0.3, 0.4) is 0 Å². The van der Waals surface area contributed by atoms with E-state index in [0.29, 0.717) is 5.69 Å². The van der Waals surface area contributed by atoms with Crippen molar-refractivity contribution in [1.29, 1.82) is 0 Å². The molecule has 1 aromatic carbocycles. The number of cyclic esters (lactones) is 1. The van der Waals surface area contributed by atoms with E-state index in [-0.39, 0.29) is 6.61 Å². The van der Waals surface area contributed by atoms with E-state index in [4.69, 9.17) is 9.47 Å². The van der Waals surface area contributed by atoms with Crippen molar-refractivity contribution in [2.24, 2.45) is 16.7 Å². The molecule has 6 atom stereocenters. The van der Waals surface area contributed by atoms with Crippen LogP contribution in [0, 0.1) is 16.7 Å². The van der Waals surface area contributed by atoms with E-state index in [2.05, 4.69) is 0 Å². The Hall–Kier alpha value is -3.36. The molecular formula is C21H19N3O6. The lowest BCUT2D eigenvalue weighted by Gasteiger charge is -2.40.